The minimum Gasteiger partial charge on any atom is -0.481 e. The van der Waals surface area contributed by atoms with Crippen molar-refractivity contribution in [3.05, 3.63) is 60.2 Å². The Morgan fingerprint density at radius 3 is 2.38 bits per heavy atom. The van der Waals surface area contributed by atoms with E-state index in [-0.39, 0.29) is 18.5 Å². The van der Waals surface area contributed by atoms with Gasteiger partial charge in [0, 0.05) is 36.9 Å². The normalized spacial score (nSPS) is 17.4. The maximum absolute atomic E-state index is 13.2. The smallest absolute Gasteiger partial charge is 0.329 e. The second-order valence-electron chi connectivity index (χ2n) is 6.39. The molecule has 3 rings (SSSR count). The molecule has 1 aliphatic rings. The largest absolute Gasteiger partial charge is 0.481 e. The standard InChI is InChI=1S/C20H23N3O3/c21-14-15-6-8-16(9-7-15)22-13-12-18(10-11-19(24)25)23(20(22)26)17-4-2-1-3-5-17/h1-9,18H,10-14,21H2,(H,24,25). The Labute approximate surface area is 152 Å². The molecule has 2 amide bonds. The molecule has 0 spiro atoms. The molecule has 1 saturated heterocycles. The highest BCUT2D eigenvalue weighted by Crippen LogP contribution is 2.30. The summed E-state index contributed by atoms with van der Waals surface area (Å²) in [6.45, 7) is 1.02. The van der Waals surface area contributed by atoms with Crippen LogP contribution in [0.3, 0.4) is 0 Å². The van der Waals surface area contributed by atoms with E-state index >= 15 is 0 Å². The topological polar surface area (TPSA) is 86.9 Å². The Morgan fingerprint density at radius 2 is 1.77 bits per heavy atom. The Bertz CT molecular complexity index is 762. The summed E-state index contributed by atoms with van der Waals surface area (Å²) in [6, 6.07) is 16.8. The van der Waals surface area contributed by atoms with Gasteiger partial charge in [-0.25, -0.2) is 4.79 Å². The van der Waals surface area contributed by atoms with E-state index < -0.39 is 5.97 Å². The summed E-state index contributed by atoms with van der Waals surface area (Å²) in [7, 11) is 0. The van der Waals surface area contributed by atoms with Crippen molar-refractivity contribution in [1.29, 1.82) is 0 Å². The number of hydrogen-bond donors (Lipinski definition) is 2. The number of rotatable bonds is 6. The molecule has 0 saturated carbocycles. The number of carbonyl (C=O) groups excluding carboxylic acids is 1. The molecule has 1 unspecified atom stereocenters. The molecule has 1 aliphatic heterocycles. The summed E-state index contributed by atoms with van der Waals surface area (Å²) in [6.07, 6.45) is 1.20. The zero-order chi connectivity index (χ0) is 18.5. The number of nitrogens with two attached hydrogens (primary N) is 1. The minimum absolute atomic E-state index is 0.0481. The van der Waals surface area contributed by atoms with Crippen molar-refractivity contribution in [2.24, 2.45) is 5.73 Å². The third kappa shape index (κ3) is 3.86. The molecule has 2 aromatic carbocycles. The second kappa shape index (κ2) is 8.01. The zero-order valence-electron chi connectivity index (χ0n) is 14.5. The molecule has 26 heavy (non-hydrogen) atoms. The molecule has 0 radical (unpaired) electrons. The predicted octanol–water partition coefficient (Wildman–Crippen LogP) is 3.22. The number of nitrogens with zero attached hydrogens (tertiary/aromatic N) is 2. The number of aliphatic carboxylic acids is 1. The fourth-order valence-electron chi connectivity index (χ4n) is 3.31. The molecule has 6 nitrogen and oxygen atoms in total. The molecular formula is C20H23N3O3. The SMILES string of the molecule is NCc1ccc(N2CCC(CCC(=O)O)N(c3ccccc3)C2=O)cc1. The molecule has 6 heteroatoms. The van der Waals surface area contributed by atoms with Gasteiger partial charge < -0.3 is 10.8 Å². The van der Waals surface area contributed by atoms with E-state index in [1.54, 1.807) is 9.80 Å². The molecule has 1 atom stereocenters. The van der Waals surface area contributed by atoms with Gasteiger partial charge in [0.1, 0.15) is 0 Å². The van der Waals surface area contributed by atoms with Crippen LogP contribution in [0.2, 0.25) is 0 Å². The fraction of sp³-hybridized carbons (Fsp3) is 0.300. The summed E-state index contributed by atoms with van der Waals surface area (Å²) >= 11 is 0. The van der Waals surface area contributed by atoms with E-state index in [1.165, 1.54) is 0 Å². The monoisotopic (exact) mass is 353 g/mol. The summed E-state index contributed by atoms with van der Waals surface area (Å²) in [5.41, 5.74) is 8.27. The van der Waals surface area contributed by atoms with Crippen LogP contribution in [0.25, 0.3) is 0 Å². The van der Waals surface area contributed by atoms with Gasteiger partial charge in [0.25, 0.3) is 0 Å². The van der Waals surface area contributed by atoms with Crippen molar-refractivity contribution in [1.82, 2.24) is 0 Å². The van der Waals surface area contributed by atoms with Crippen molar-refractivity contribution >= 4 is 23.4 Å². The van der Waals surface area contributed by atoms with Crippen LogP contribution in [-0.4, -0.2) is 29.7 Å². The average molecular weight is 353 g/mol. The lowest BCUT2D eigenvalue weighted by atomic mass is 10.0. The highest BCUT2D eigenvalue weighted by molar-refractivity contribution is 6.04. The molecule has 1 heterocycles. The highest BCUT2D eigenvalue weighted by atomic mass is 16.4. The van der Waals surface area contributed by atoms with Crippen LogP contribution in [0.5, 0.6) is 0 Å². The molecule has 136 valence electrons. The number of para-hydroxylation sites is 1. The third-order valence-electron chi connectivity index (χ3n) is 4.70. The van der Waals surface area contributed by atoms with Crippen molar-refractivity contribution < 1.29 is 14.7 Å². The summed E-state index contributed by atoms with van der Waals surface area (Å²) < 4.78 is 0. The number of urea groups is 1. The summed E-state index contributed by atoms with van der Waals surface area (Å²) in [4.78, 5) is 27.7. The number of carboxylic acid groups (broad SMARTS) is 1. The average Bonchev–Trinajstić information content (AvgIpc) is 2.67. The van der Waals surface area contributed by atoms with Crippen LogP contribution < -0.4 is 15.5 Å². The minimum atomic E-state index is -0.842. The number of amides is 2. The van der Waals surface area contributed by atoms with E-state index in [2.05, 4.69) is 0 Å². The number of anilines is 2. The lowest BCUT2D eigenvalue weighted by Gasteiger charge is -2.41. The van der Waals surface area contributed by atoms with Crippen molar-refractivity contribution in [2.75, 3.05) is 16.3 Å². The number of hydrogen-bond acceptors (Lipinski definition) is 3. The Balaban J connectivity index is 1.87. The van der Waals surface area contributed by atoms with Crippen molar-refractivity contribution in [2.45, 2.75) is 31.8 Å². The second-order valence-corrected chi connectivity index (χ2v) is 6.39. The maximum atomic E-state index is 13.2. The van der Waals surface area contributed by atoms with E-state index in [0.29, 0.717) is 25.9 Å². The van der Waals surface area contributed by atoms with Gasteiger partial charge in [0.05, 0.1) is 0 Å². The number of benzene rings is 2. The molecule has 0 aliphatic carbocycles. The first-order valence-electron chi connectivity index (χ1n) is 8.76. The Kier molecular flexibility index (Phi) is 5.53. The van der Waals surface area contributed by atoms with Gasteiger partial charge in [0.15, 0.2) is 0 Å². The number of carboxylic acids is 1. The van der Waals surface area contributed by atoms with E-state index in [4.69, 9.17) is 10.8 Å². The first-order valence-corrected chi connectivity index (χ1v) is 8.76. The van der Waals surface area contributed by atoms with Crippen molar-refractivity contribution in [3.8, 4) is 0 Å². The van der Waals surface area contributed by atoms with Crippen LogP contribution >= 0.6 is 0 Å². The highest BCUT2D eigenvalue weighted by Gasteiger charge is 2.35. The zero-order valence-corrected chi connectivity index (χ0v) is 14.5. The van der Waals surface area contributed by atoms with Crippen LogP contribution in [0.4, 0.5) is 16.2 Å². The molecular weight excluding hydrogens is 330 g/mol. The van der Waals surface area contributed by atoms with Gasteiger partial charge in [-0.15, -0.1) is 0 Å². The first kappa shape index (κ1) is 17.9. The predicted molar refractivity (Wildman–Crippen MR) is 101 cm³/mol. The Hall–Kier alpha value is -2.86. The molecule has 0 aromatic heterocycles. The van der Waals surface area contributed by atoms with E-state index in [0.717, 1.165) is 16.9 Å². The molecule has 3 N–H and O–H groups in total. The molecule has 0 bridgehead atoms. The van der Waals surface area contributed by atoms with Crippen molar-refractivity contribution in [3.63, 3.8) is 0 Å². The third-order valence-corrected chi connectivity index (χ3v) is 4.70. The van der Waals surface area contributed by atoms with Gasteiger partial charge in [-0.2, -0.15) is 0 Å². The number of carbonyl (C=O) groups is 2. The van der Waals surface area contributed by atoms with Crippen LogP contribution in [-0.2, 0) is 11.3 Å². The van der Waals surface area contributed by atoms with Gasteiger partial charge in [0.2, 0.25) is 0 Å². The lowest BCUT2D eigenvalue weighted by Crippen LogP contribution is -2.55. The fourth-order valence-corrected chi connectivity index (χ4v) is 3.31. The summed E-state index contributed by atoms with van der Waals surface area (Å²) in [5.74, 6) is -0.842. The van der Waals surface area contributed by atoms with Crippen LogP contribution in [0.1, 0.15) is 24.8 Å². The first-order chi connectivity index (χ1) is 12.6. The van der Waals surface area contributed by atoms with Gasteiger partial charge in [-0.1, -0.05) is 30.3 Å². The quantitative estimate of drug-likeness (QED) is 0.835. The Morgan fingerprint density at radius 1 is 1.08 bits per heavy atom. The van der Waals surface area contributed by atoms with E-state index in [9.17, 15) is 9.59 Å². The van der Waals surface area contributed by atoms with Gasteiger partial charge >= 0.3 is 12.0 Å². The molecule has 2 aromatic rings. The maximum Gasteiger partial charge on any atom is 0.329 e. The lowest BCUT2D eigenvalue weighted by molar-refractivity contribution is -0.137. The van der Waals surface area contributed by atoms with E-state index in [1.807, 2.05) is 54.6 Å². The van der Waals surface area contributed by atoms with Gasteiger partial charge in [-0.3, -0.25) is 14.6 Å². The van der Waals surface area contributed by atoms with Crippen LogP contribution in [0.15, 0.2) is 54.6 Å². The molecule has 1 fully saturated rings. The summed E-state index contributed by atoms with van der Waals surface area (Å²) in [5, 5.41) is 9.02. The van der Waals surface area contributed by atoms with Crippen LogP contribution in [0, 0.1) is 0 Å². The van der Waals surface area contributed by atoms with Gasteiger partial charge in [-0.05, 0) is 42.7 Å².